The van der Waals surface area contributed by atoms with Gasteiger partial charge in [0, 0.05) is 12.2 Å². The third kappa shape index (κ3) is 3.04. The predicted molar refractivity (Wildman–Crippen MR) is 109 cm³/mol. The molecule has 1 aliphatic rings. The lowest BCUT2D eigenvalue weighted by molar-refractivity contribution is -0.118. The van der Waals surface area contributed by atoms with Crippen LogP contribution in [0.25, 0.3) is 11.0 Å². The fourth-order valence-electron chi connectivity index (χ4n) is 3.55. The molecular weight excluding hydrogens is 356 g/mol. The van der Waals surface area contributed by atoms with Gasteiger partial charge in [-0.1, -0.05) is 18.2 Å². The van der Waals surface area contributed by atoms with Crippen LogP contribution in [0.5, 0.6) is 0 Å². The number of carbonyl (C=O) groups is 1. The summed E-state index contributed by atoms with van der Waals surface area (Å²) in [5.41, 5.74) is 2.01. The number of carbonyl (C=O) groups excluding carboxylic acids is 1. The first-order valence-corrected chi connectivity index (χ1v) is 9.40. The summed E-state index contributed by atoms with van der Waals surface area (Å²) < 4.78 is 1.71. The average molecular weight is 380 g/mol. The monoisotopic (exact) mass is 380 g/mol. The fraction of sp³-hybridized carbons (Fsp3) is 0.400. The molecule has 1 aromatic carbocycles. The smallest absolute Gasteiger partial charge is 0.263 e. The zero-order chi connectivity index (χ0) is 20.1. The van der Waals surface area contributed by atoms with E-state index in [9.17, 15) is 9.59 Å². The fourth-order valence-corrected chi connectivity index (χ4v) is 3.55. The van der Waals surface area contributed by atoms with E-state index in [1.54, 1.807) is 16.5 Å². The zero-order valence-corrected chi connectivity index (χ0v) is 16.5. The summed E-state index contributed by atoms with van der Waals surface area (Å²) in [5.74, 6) is 0.203. The highest BCUT2D eigenvalue weighted by Crippen LogP contribution is 2.28. The first-order chi connectivity index (χ1) is 13.3. The molecule has 1 unspecified atom stereocenters. The molecule has 3 aromatic rings. The van der Waals surface area contributed by atoms with Crippen LogP contribution in [0.3, 0.4) is 0 Å². The lowest BCUT2D eigenvalue weighted by Crippen LogP contribution is -2.41. The third-order valence-electron chi connectivity index (χ3n) is 4.95. The summed E-state index contributed by atoms with van der Waals surface area (Å²) >= 11 is 0. The molecule has 0 aliphatic carbocycles. The number of fused-ring (bicyclic) bond motifs is 2. The van der Waals surface area contributed by atoms with Gasteiger partial charge in [-0.3, -0.25) is 14.6 Å². The molecular formula is C20H24N6O2. The zero-order valence-electron chi connectivity index (χ0n) is 16.5. The van der Waals surface area contributed by atoms with Gasteiger partial charge >= 0.3 is 0 Å². The van der Waals surface area contributed by atoms with Crippen LogP contribution >= 0.6 is 0 Å². The Labute approximate surface area is 162 Å². The first kappa shape index (κ1) is 18.2. The number of aromatic nitrogens is 4. The number of benzene rings is 1. The lowest BCUT2D eigenvalue weighted by atomic mass is 10.1. The number of rotatable bonds is 3. The van der Waals surface area contributed by atoms with Crippen LogP contribution < -0.4 is 15.8 Å². The predicted octanol–water partition coefficient (Wildman–Crippen LogP) is 2.26. The van der Waals surface area contributed by atoms with Gasteiger partial charge in [0.15, 0.2) is 5.65 Å². The Morgan fingerprint density at radius 1 is 1.29 bits per heavy atom. The van der Waals surface area contributed by atoms with E-state index >= 15 is 0 Å². The molecule has 8 heteroatoms. The highest BCUT2D eigenvalue weighted by Gasteiger charge is 2.28. The van der Waals surface area contributed by atoms with E-state index in [4.69, 9.17) is 0 Å². The number of para-hydroxylation sites is 1. The number of anilines is 2. The molecule has 1 amide bonds. The van der Waals surface area contributed by atoms with Crippen molar-refractivity contribution in [3.63, 3.8) is 0 Å². The molecule has 1 atom stereocenters. The second kappa shape index (κ2) is 6.47. The molecule has 2 N–H and O–H groups in total. The van der Waals surface area contributed by atoms with Gasteiger partial charge in [-0.25, -0.2) is 4.68 Å². The molecule has 146 valence electrons. The molecule has 3 heterocycles. The van der Waals surface area contributed by atoms with Crippen molar-refractivity contribution >= 4 is 28.6 Å². The number of nitrogens with zero attached hydrogens (tertiary/aromatic N) is 4. The number of aromatic amines is 1. The van der Waals surface area contributed by atoms with Crippen LogP contribution in [-0.4, -0.2) is 38.2 Å². The Kier molecular flexibility index (Phi) is 4.21. The first-order valence-electron chi connectivity index (χ1n) is 9.40. The van der Waals surface area contributed by atoms with Gasteiger partial charge in [0.1, 0.15) is 11.4 Å². The van der Waals surface area contributed by atoms with Crippen molar-refractivity contribution < 1.29 is 4.79 Å². The molecule has 28 heavy (non-hydrogen) atoms. The van der Waals surface area contributed by atoms with Crippen molar-refractivity contribution in [1.82, 2.24) is 19.7 Å². The maximum atomic E-state index is 13.0. The molecule has 1 aliphatic heterocycles. The number of nitrogens with one attached hydrogen (secondary N) is 2. The minimum Gasteiger partial charge on any atom is -0.344 e. The normalized spacial score (nSPS) is 14.9. The van der Waals surface area contributed by atoms with Gasteiger partial charge in [0.2, 0.25) is 11.9 Å². The molecule has 0 spiro atoms. The van der Waals surface area contributed by atoms with E-state index in [2.05, 4.69) is 20.4 Å². The highest BCUT2D eigenvalue weighted by molar-refractivity contribution is 6.00. The molecule has 0 saturated carbocycles. The Bertz CT molecular complexity index is 1110. The number of hydrogen-bond acceptors (Lipinski definition) is 5. The van der Waals surface area contributed by atoms with E-state index in [1.807, 2.05) is 45.0 Å². The minimum absolute atomic E-state index is 0.0583. The average Bonchev–Trinajstić information content (AvgIpc) is 3.25. The largest absolute Gasteiger partial charge is 0.344 e. The molecule has 0 fully saturated rings. The third-order valence-corrected chi connectivity index (χ3v) is 4.95. The minimum atomic E-state index is -0.544. The van der Waals surface area contributed by atoms with Gasteiger partial charge in [-0.05, 0) is 45.7 Å². The molecule has 0 radical (unpaired) electrons. The number of hydrogen-bond donors (Lipinski definition) is 2. The van der Waals surface area contributed by atoms with E-state index in [0.29, 0.717) is 17.6 Å². The van der Waals surface area contributed by atoms with E-state index in [1.165, 1.54) is 11.8 Å². The Hall–Kier alpha value is -3.16. The van der Waals surface area contributed by atoms with Gasteiger partial charge in [-0.15, -0.1) is 0 Å². The molecule has 4 rings (SSSR count). The maximum Gasteiger partial charge on any atom is 0.263 e. The van der Waals surface area contributed by atoms with Gasteiger partial charge in [-0.2, -0.15) is 10.1 Å². The van der Waals surface area contributed by atoms with Crippen LogP contribution in [0.2, 0.25) is 0 Å². The summed E-state index contributed by atoms with van der Waals surface area (Å²) in [6.07, 6.45) is 2.37. The Balaban J connectivity index is 1.61. The lowest BCUT2D eigenvalue weighted by Gasteiger charge is -2.23. The van der Waals surface area contributed by atoms with Crippen LogP contribution in [0.1, 0.15) is 33.3 Å². The summed E-state index contributed by atoms with van der Waals surface area (Å²) in [5, 5.41) is 7.78. The molecule has 0 saturated heterocycles. The summed E-state index contributed by atoms with van der Waals surface area (Å²) in [6, 6.07) is 7.38. The van der Waals surface area contributed by atoms with Crippen LogP contribution in [0, 0.1) is 0 Å². The Morgan fingerprint density at radius 2 is 2.04 bits per heavy atom. The van der Waals surface area contributed by atoms with Crippen molar-refractivity contribution in [2.24, 2.45) is 0 Å². The van der Waals surface area contributed by atoms with Crippen molar-refractivity contribution in [2.45, 2.75) is 45.7 Å². The van der Waals surface area contributed by atoms with Gasteiger partial charge in [0.25, 0.3) is 5.56 Å². The van der Waals surface area contributed by atoms with Crippen molar-refractivity contribution in [3.05, 3.63) is 46.4 Å². The number of H-pyrrole nitrogens is 1. The van der Waals surface area contributed by atoms with Crippen LogP contribution in [0.4, 0.5) is 11.6 Å². The summed E-state index contributed by atoms with van der Waals surface area (Å²) in [7, 11) is 0. The van der Waals surface area contributed by atoms with E-state index < -0.39 is 6.04 Å². The van der Waals surface area contributed by atoms with Crippen LogP contribution in [0.15, 0.2) is 35.3 Å². The van der Waals surface area contributed by atoms with Crippen molar-refractivity contribution in [1.29, 1.82) is 0 Å². The molecule has 8 nitrogen and oxygen atoms in total. The molecule has 2 aromatic heterocycles. The Morgan fingerprint density at radius 3 is 2.79 bits per heavy atom. The standard InChI is InChI=1S/C20H24N6O2/c1-12(18(28)25-10-9-13-7-5-6-8-15(13)25)22-19-23-16-14(17(27)24-19)11-21-26(16)20(2,3)4/h5-8,11-12H,9-10H2,1-4H3,(H2,22,23,24,27). The van der Waals surface area contributed by atoms with E-state index in [-0.39, 0.29) is 23.0 Å². The quantitative estimate of drug-likeness (QED) is 0.727. The topological polar surface area (TPSA) is 95.9 Å². The van der Waals surface area contributed by atoms with Crippen LogP contribution in [-0.2, 0) is 16.8 Å². The second-order valence-corrected chi connectivity index (χ2v) is 8.11. The molecule has 0 bridgehead atoms. The van der Waals surface area contributed by atoms with Gasteiger partial charge in [0.05, 0.1) is 11.7 Å². The van der Waals surface area contributed by atoms with Crippen molar-refractivity contribution in [3.8, 4) is 0 Å². The summed E-state index contributed by atoms with van der Waals surface area (Å²) in [6.45, 7) is 8.41. The highest BCUT2D eigenvalue weighted by atomic mass is 16.2. The van der Waals surface area contributed by atoms with Gasteiger partial charge < -0.3 is 10.2 Å². The SMILES string of the molecule is CC(Nc1nc2c(cnn2C(C)(C)C)c(=O)[nH]1)C(=O)N1CCc2ccccc21. The summed E-state index contributed by atoms with van der Waals surface area (Å²) in [4.78, 5) is 34.4. The maximum absolute atomic E-state index is 13.0. The van der Waals surface area contributed by atoms with E-state index in [0.717, 1.165) is 12.1 Å². The second-order valence-electron chi connectivity index (χ2n) is 8.11. The number of amides is 1. The van der Waals surface area contributed by atoms with Crippen molar-refractivity contribution in [2.75, 3.05) is 16.8 Å².